The second-order valence-electron chi connectivity index (χ2n) is 4.64. The molecule has 1 aliphatic rings. The van der Waals surface area contributed by atoms with Gasteiger partial charge in [-0.25, -0.2) is 4.98 Å². The lowest BCUT2D eigenvalue weighted by atomic mass is 10.1. The van der Waals surface area contributed by atoms with Gasteiger partial charge < -0.3 is 15.6 Å². The minimum absolute atomic E-state index is 0.585. The smallest absolute Gasteiger partial charge is 0.112 e. The molecule has 4 nitrogen and oxygen atoms in total. The van der Waals surface area contributed by atoms with Crippen molar-refractivity contribution in [2.24, 2.45) is 5.73 Å². The first kappa shape index (κ1) is 10.6. The molecule has 0 aliphatic carbocycles. The first-order valence-corrected chi connectivity index (χ1v) is 6.29. The van der Waals surface area contributed by atoms with Crippen LogP contribution in [0.15, 0.2) is 24.5 Å². The highest BCUT2D eigenvalue weighted by Crippen LogP contribution is 2.31. The van der Waals surface area contributed by atoms with Gasteiger partial charge in [-0.1, -0.05) is 6.07 Å². The third-order valence-corrected chi connectivity index (χ3v) is 3.61. The van der Waals surface area contributed by atoms with E-state index in [0.29, 0.717) is 6.04 Å². The van der Waals surface area contributed by atoms with E-state index in [4.69, 9.17) is 5.73 Å². The molecule has 1 unspecified atom stereocenters. The Morgan fingerprint density at radius 1 is 1.47 bits per heavy atom. The molecule has 0 saturated carbocycles. The number of fused-ring (bicyclic) bond motifs is 1. The molecule has 1 aromatic heterocycles. The Kier molecular flexibility index (Phi) is 2.73. The van der Waals surface area contributed by atoms with Crippen LogP contribution in [-0.4, -0.2) is 29.1 Å². The lowest BCUT2D eigenvalue weighted by Crippen LogP contribution is -2.31. The third-order valence-electron chi connectivity index (χ3n) is 3.61. The van der Waals surface area contributed by atoms with Gasteiger partial charge in [0.25, 0.3) is 0 Å². The summed E-state index contributed by atoms with van der Waals surface area (Å²) in [4.78, 5) is 10.1. The highest BCUT2D eigenvalue weighted by atomic mass is 15.2. The van der Waals surface area contributed by atoms with E-state index < -0.39 is 0 Å². The zero-order valence-corrected chi connectivity index (χ0v) is 9.89. The van der Waals surface area contributed by atoms with Crippen LogP contribution >= 0.6 is 0 Å². The van der Waals surface area contributed by atoms with Crippen LogP contribution in [-0.2, 0) is 0 Å². The van der Waals surface area contributed by atoms with Gasteiger partial charge >= 0.3 is 0 Å². The number of para-hydroxylation sites is 1. The van der Waals surface area contributed by atoms with Gasteiger partial charge in [0.05, 0.1) is 17.5 Å². The monoisotopic (exact) mass is 230 g/mol. The SMILES string of the molecule is NCCC1CCCN1c1cccc2[nH]cnc12. The number of aromatic amines is 1. The molecule has 3 rings (SSSR count). The van der Waals surface area contributed by atoms with Crippen molar-refractivity contribution < 1.29 is 0 Å². The van der Waals surface area contributed by atoms with Crippen molar-refractivity contribution in [3.63, 3.8) is 0 Å². The van der Waals surface area contributed by atoms with E-state index in [9.17, 15) is 0 Å². The molecule has 0 amide bonds. The van der Waals surface area contributed by atoms with E-state index in [1.165, 1.54) is 18.5 Å². The summed E-state index contributed by atoms with van der Waals surface area (Å²) in [7, 11) is 0. The predicted octanol–water partition coefficient (Wildman–Crippen LogP) is 1.88. The molecular formula is C13H18N4. The lowest BCUT2D eigenvalue weighted by molar-refractivity contribution is 0.619. The maximum Gasteiger partial charge on any atom is 0.112 e. The molecule has 0 spiro atoms. The van der Waals surface area contributed by atoms with Gasteiger partial charge in [-0.3, -0.25) is 0 Å². The van der Waals surface area contributed by atoms with Crippen molar-refractivity contribution >= 4 is 16.7 Å². The molecule has 0 radical (unpaired) electrons. The van der Waals surface area contributed by atoms with Crippen LogP contribution in [0.25, 0.3) is 11.0 Å². The van der Waals surface area contributed by atoms with Gasteiger partial charge in [-0.05, 0) is 37.9 Å². The number of hydrogen-bond acceptors (Lipinski definition) is 3. The standard InChI is InChI=1S/C13H18N4/c14-7-6-10-3-2-8-17(10)12-5-1-4-11-13(12)16-9-15-11/h1,4-5,9-10H,2-3,6-8,14H2,(H,15,16). The van der Waals surface area contributed by atoms with Crippen LogP contribution < -0.4 is 10.6 Å². The maximum atomic E-state index is 5.69. The van der Waals surface area contributed by atoms with Crippen LogP contribution in [0.4, 0.5) is 5.69 Å². The zero-order chi connectivity index (χ0) is 11.7. The molecule has 1 atom stereocenters. The summed E-state index contributed by atoms with van der Waals surface area (Å²) in [5, 5.41) is 0. The number of nitrogens with one attached hydrogen (secondary N) is 1. The number of nitrogens with two attached hydrogens (primary N) is 1. The Labute approximate surface area is 101 Å². The number of hydrogen-bond donors (Lipinski definition) is 2. The van der Waals surface area contributed by atoms with Crippen LogP contribution in [0.3, 0.4) is 0 Å². The van der Waals surface area contributed by atoms with E-state index in [2.05, 4.69) is 33.1 Å². The van der Waals surface area contributed by atoms with E-state index in [1.807, 2.05) is 0 Å². The second-order valence-corrected chi connectivity index (χ2v) is 4.64. The van der Waals surface area contributed by atoms with Gasteiger partial charge in [0.2, 0.25) is 0 Å². The van der Waals surface area contributed by atoms with Gasteiger partial charge in [-0.2, -0.15) is 0 Å². The van der Waals surface area contributed by atoms with Crippen LogP contribution in [0, 0.1) is 0 Å². The number of aromatic nitrogens is 2. The number of anilines is 1. The normalized spacial score (nSPS) is 20.3. The first-order valence-electron chi connectivity index (χ1n) is 6.29. The molecule has 1 aromatic carbocycles. The van der Waals surface area contributed by atoms with Crippen LogP contribution in [0.2, 0.25) is 0 Å². The van der Waals surface area contributed by atoms with E-state index in [-0.39, 0.29) is 0 Å². The summed E-state index contributed by atoms with van der Waals surface area (Å²) < 4.78 is 0. The maximum absolute atomic E-state index is 5.69. The lowest BCUT2D eigenvalue weighted by Gasteiger charge is -2.26. The molecule has 1 aliphatic heterocycles. The minimum atomic E-state index is 0.585. The molecule has 90 valence electrons. The molecule has 2 heterocycles. The van der Waals surface area contributed by atoms with Gasteiger partial charge in [0.15, 0.2) is 0 Å². The van der Waals surface area contributed by atoms with Gasteiger partial charge in [-0.15, -0.1) is 0 Å². The van der Waals surface area contributed by atoms with Crippen molar-refractivity contribution in [3.8, 4) is 0 Å². The van der Waals surface area contributed by atoms with Gasteiger partial charge in [0, 0.05) is 12.6 Å². The fourth-order valence-electron chi connectivity index (χ4n) is 2.83. The molecule has 1 fully saturated rings. The fraction of sp³-hybridized carbons (Fsp3) is 0.462. The molecule has 4 heteroatoms. The zero-order valence-electron chi connectivity index (χ0n) is 9.89. The Bertz CT molecular complexity index is 505. The topological polar surface area (TPSA) is 57.9 Å². The van der Waals surface area contributed by atoms with Crippen molar-refractivity contribution in [1.29, 1.82) is 0 Å². The van der Waals surface area contributed by atoms with Crippen molar-refractivity contribution in [2.75, 3.05) is 18.0 Å². The number of rotatable bonds is 3. The average Bonchev–Trinajstić information content (AvgIpc) is 2.96. The quantitative estimate of drug-likeness (QED) is 0.846. The Hall–Kier alpha value is -1.55. The predicted molar refractivity (Wildman–Crippen MR) is 70.1 cm³/mol. The Morgan fingerprint density at radius 2 is 2.41 bits per heavy atom. The highest BCUT2D eigenvalue weighted by Gasteiger charge is 2.25. The van der Waals surface area contributed by atoms with E-state index in [1.54, 1.807) is 6.33 Å². The highest BCUT2D eigenvalue weighted by molar-refractivity contribution is 5.88. The molecule has 17 heavy (non-hydrogen) atoms. The summed E-state index contributed by atoms with van der Waals surface area (Å²) in [5.41, 5.74) is 9.13. The molecule has 1 saturated heterocycles. The first-order chi connectivity index (χ1) is 8.40. The van der Waals surface area contributed by atoms with Crippen molar-refractivity contribution in [2.45, 2.75) is 25.3 Å². The molecule has 3 N–H and O–H groups in total. The Balaban J connectivity index is 1.99. The average molecular weight is 230 g/mol. The summed E-state index contributed by atoms with van der Waals surface area (Å²) in [6.07, 6.45) is 5.34. The molecular weight excluding hydrogens is 212 g/mol. The fourth-order valence-corrected chi connectivity index (χ4v) is 2.83. The molecule has 0 bridgehead atoms. The summed E-state index contributed by atoms with van der Waals surface area (Å²) in [6, 6.07) is 6.91. The van der Waals surface area contributed by atoms with Crippen LogP contribution in [0.5, 0.6) is 0 Å². The number of nitrogens with zero attached hydrogens (tertiary/aromatic N) is 2. The number of H-pyrrole nitrogens is 1. The van der Waals surface area contributed by atoms with E-state index >= 15 is 0 Å². The molecule has 2 aromatic rings. The largest absolute Gasteiger partial charge is 0.367 e. The van der Waals surface area contributed by atoms with Crippen molar-refractivity contribution in [3.05, 3.63) is 24.5 Å². The van der Waals surface area contributed by atoms with E-state index in [0.717, 1.165) is 30.5 Å². The third kappa shape index (κ3) is 1.78. The summed E-state index contributed by atoms with van der Waals surface area (Å²) >= 11 is 0. The Morgan fingerprint density at radius 3 is 3.29 bits per heavy atom. The summed E-state index contributed by atoms with van der Waals surface area (Å²) in [6.45, 7) is 1.88. The van der Waals surface area contributed by atoms with Gasteiger partial charge in [0.1, 0.15) is 5.52 Å². The summed E-state index contributed by atoms with van der Waals surface area (Å²) in [5.74, 6) is 0. The van der Waals surface area contributed by atoms with Crippen molar-refractivity contribution in [1.82, 2.24) is 9.97 Å². The minimum Gasteiger partial charge on any atom is -0.367 e. The number of benzene rings is 1. The number of imidazole rings is 1. The van der Waals surface area contributed by atoms with Crippen LogP contribution in [0.1, 0.15) is 19.3 Å². The second kappa shape index (κ2) is 4.37.